The number of amides is 1. The number of hydrogen-bond acceptors (Lipinski definition) is 4. The van der Waals surface area contributed by atoms with E-state index in [1.807, 2.05) is 44.3 Å². The minimum atomic E-state index is 0.0626. The van der Waals surface area contributed by atoms with Gasteiger partial charge < -0.3 is 10.2 Å². The molecular weight excluding hydrogens is 266 g/mol. The number of rotatable bonds is 3. The van der Waals surface area contributed by atoms with Gasteiger partial charge in [0.1, 0.15) is 5.82 Å². The molecule has 1 saturated heterocycles. The Morgan fingerprint density at radius 3 is 2.67 bits per heavy atom. The Balaban J connectivity index is 1.79. The van der Waals surface area contributed by atoms with E-state index >= 15 is 0 Å². The van der Waals surface area contributed by atoms with E-state index in [9.17, 15) is 4.79 Å². The lowest BCUT2D eigenvalue weighted by molar-refractivity contribution is -0.126. The summed E-state index contributed by atoms with van der Waals surface area (Å²) in [6, 6.07) is 4.19. The first-order valence-corrected chi connectivity index (χ1v) is 7.33. The first-order chi connectivity index (χ1) is 9.94. The second-order valence-corrected chi connectivity index (χ2v) is 6.08. The molecule has 1 N–H and O–H groups in total. The summed E-state index contributed by atoms with van der Waals surface area (Å²) >= 11 is 0. The number of aromatic nitrogens is 3. The normalized spacial score (nSPS) is 15.6. The van der Waals surface area contributed by atoms with Gasteiger partial charge in [-0.1, -0.05) is 0 Å². The molecule has 0 aliphatic carbocycles. The molecule has 0 saturated carbocycles. The van der Waals surface area contributed by atoms with Crippen LogP contribution in [0.25, 0.3) is 5.65 Å². The average Bonchev–Trinajstić information content (AvgIpc) is 2.66. The maximum absolute atomic E-state index is 12.0. The van der Waals surface area contributed by atoms with Crippen LogP contribution in [0.15, 0.2) is 12.1 Å². The minimum Gasteiger partial charge on any atom is -0.355 e. The summed E-state index contributed by atoms with van der Waals surface area (Å²) in [5, 5.41) is 7.46. The van der Waals surface area contributed by atoms with Crippen molar-refractivity contribution in [1.29, 1.82) is 0 Å². The first kappa shape index (κ1) is 13.9. The Labute approximate surface area is 124 Å². The van der Waals surface area contributed by atoms with Crippen LogP contribution in [0.2, 0.25) is 0 Å². The van der Waals surface area contributed by atoms with Gasteiger partial charge in [0.2, 0.25) is 5.91 Å². The number of fused-ring (bicyclic) bond motifs is 1. The van der Waals surface area contributed by atoms with Crippen LogP contribution in [0, 0.1) is 19.8 Å². The highest BCUT2D eigenvalue weighted by atomic mass is 16.2. The maximum atomic E-state index is 12.0. The lowest BCUT2D eigenvalue weighted by atomic mass is 9.99. The van der Waals surface area contributed by atoms with E-state index in [-0.39, 0.29) is 17.9 Å². The molecule has 1 aliphatic rings. The lowest BCUT2D eigenvalue weighted by Crippen LogP contribution is -2.55. The number of nitrogens with zero attached hydrogens (tertiary/aromatic N) is 4. The molecule has 2 aromatic rings. The molecule has 3 heterocycles. The van der Waals surface area contributed by atoms with Crippen LogP contribution in [-0.2, 0) is 4.79 Å². The predicted molar refractivity (Wildman–Crippen MR) is 81.4 cm³/mol. The quantitative estimate of drug-likeness (QED) is 0.924. The SMILES string of the molecule is Cc1cc(N2CC(C(=O)NC(C)C)C2)n2nc(C)cc2n1. The number of anilines is 1. The minimum absolute atomic E-state index is 0.0626. The highest BCUT2D eigenvalue weighted by molar-refractivity contribution is 5.82. The molecule has 0 aromatic carbocycles. The maximum Gasteiger partial charge on any atom is 0.226 e. The zero-order valence-corrected chi connectivity index (χ0v) is 12.9. The third kappa shape index (κ3) is 2.57. The molecule has 3 rings (SSSR count). The molecule has 0 bridgehead atoms. The van der Waals surface area contributed by atoms with Crippen molar-refractivity contribution in [1.82, 2.24) is 19.9 Å². The number of hydrogen-bond donors (Lipinski definition) is 1. The highest BCUT2D eigenvalue weighted by Gasteiger charge is 2.34. The molecule has 0 radical (unpaired) electrons. The summed E-state index contributed by atoms with van der Waals surface area (Å²) < 4.78 is 1.86. The van der Waals surface area contributed by atoms with Crippen LogP contribution >= 0.6 is 0 Å². The molecule has 0 spiro atoms. The fraction of sp³-hybridized carbons (Fsp3) is 0.533. The summed E-state index contributed by atoms with van der Waals surface area (Å²) in [5.74, 6) is 1.21. The third-order valence-electron chi connectivity index (χ3n) is 3.67. The van der Waals surface area contributed by atoms with Crippen molar-refractivity contribution in [3.8, 4) is 0 Å². The first-order valence-electron chi connectivity index (χ1n) is 7.33. The van der Waals surface area contributed by atoms with Gasteiger partial charge >= 0.3 is 0 Å². The van der Waals surface area contributed by atoms with Crippen LogP contribution in [0.3, 0.4) is 0 Å². The van der Waals surface area contributed by atoms with E-state index < -0.39 is 0 Å². The Morgan fingerprint density at radius 2 is 2.00 bits per heavy atom. The van der Waals surface area contributed by atoms with Crippen molar-refractivity contribution in [2.45, 2.75) is 33.7 Å². The van der Waals surface area contributed by atoms with Gasteiger partial charge in [-0.3, -0.25) is 4.79 Å². The van der Waals surface area contributed by atoms with Crippen LogP contribution < -0.4 is 10.2 Å². The Hall–Kier alpha value is -2.11. The van der Waals surface area contributed by atoms with Gasteiger partial charge in [0.25, 0.3) is 0 Å². The molecule has 21 heavy (non-hydrogen) atoms. The average molecular weight is 287 g/mol. The largest absolute Gasteiger partial charge is 0.355 e. The molecule has 0 unspecified atom stereocenters. The van der Waals surface area contributed by atoms with Crippen molar-refractivity contribution in [3.63, 3.8) is 0 Å². The van der Waals surface area contributed by atoms with E-state index in [0.717, 1.165) is 35.9 Å². The van der Waals surface area contributed by atoms with Crippen LogP contribution in [0.1, 0.15) is 25.2 Å². The van der Waals surface area contributed by atoms with E-state index in [1.54, 1.807) is 0 Å². The molecular formula is C15H21N5O. The Morgan fingerprint density at radius 1 is 1.29 bits per heavy atom. The molecule has 0 atom stereocenters. The van der Waals surface area contributed by atoms with Crippen molar-refractivity contribution in [3.05, 3.63) is 23.5 Å². The van der Waals surface area contributed by atoms with E-state index in [4.69, 9.17) is 0 Å². The van der Waals surface area contributed by atoms with Gasteiger partial charge in [-0.2, -0.15) is 9.61 Å². The van der Waals surface area contributed by atoms with Gasteiger partial charge in [0.05, 0.1) is 11.6 Å². The summed E-state index contributed by atoms with van der Waals surface area (Å²) in [6.45, 7) is 9.37. The van der Waals surface area contributed by atoms with E-state index in [2.05, 4.69) is 20.3 Å². The van der Waals surface area contributed by atoms with Crippen molar-refractivity contribution in [2.24, 2.45) is 5.92 Å². The van der Waals surface area contributed by atoms with Gasteiger partial charge in [0.15, 0.2) is 5.65 Å². The highest BCUT2D eigenvalue weighted by Crippen LogP contribution is 2.26. The van der Waals surface area contributed by atoms with E-state index in [1.165, 1.54) is 0 Å². The van der Waals surface area contributed by atoms with Crippen LogP contribution in [0.4, 0.5) is 5.82 Å². The predicted octanol–water partition coefficient (Wildman–Crippen LogP) is 1.31. The second kappa shape index (κ2) is 5.02. The fourth-order valence-corrected chi connectivity index (χ4v) is 2.65. The molecule has 1 fully saturated rings. The van der Waals surface area contributed by atoms with E-state index in [0.29, 0.717) is 0 Å². The Bertz CT molecular complexity index is 685. The van der Waals surface area contributed by atoms with Crippen molar-refractivity contribution < 1.29 is 4.79 Å². The van der Waals surface area contributed by atoms with Crippen LogP contribution in [-0.4, -0.2) is 39.6 Å². The summed E-state index contributed by atoms with van der Waals surface area (Å²) in [5.41, 5.74) is 2.77. The second-order valence-electron chi connectivity index (χ2n) is 6.08. The fourth-order valence-electron chi connectivity index (χ4n) is 2.65. The number of carbonyl (C=O) groups excluding carboxylic acids is 1. The summed E-state index contributed by atoms with van der Waals surface area (Å²) in [7, 11) is 0. The van der Waals surface area contributed by atoms with Gasteiger partial charge in [-0.25, -0.2) is 4.98 Å². The number of carbonyl (C=O) groups is 1. The zero-order chi connectivity index (χ0) is 15.1. The molecule has 112 valence electrons. The smallest absolute Gasteiger partial charge is 0.226 e. The molecule has 1 amide bonds. The third-order valence-corrected chi connectivity index (χ3v) is 3.67. The standard InChI is InChI=1S/C15H21N5O/c1-9(2)16-15(21)12-7-19(8-12)14-6-10(3)17-13-5-11(4)18-20(13)14/h5-6,9,12H,7-8H2,1-4H3,(H,16,21). The molecule has 2 aromatic heterocycles. The molecule has 6 nitrogen and oxygen atoms in total. The lowest BCUT2D eigenvalue weighted by Gasteiger charge is -2.40. The van der Waals surface area contributed by atoms with Gasteiger partial charge in [-0.05, 0) is 27.7 Å². The van der Waals surface area contributed by atoms with Crippen molar-refractivity contribution in [2.75, 3.05) is 18.0 Å². The molecule has 6 heteroatoms. The number of nitrogens with one attached hydrogen (secondary N) is 1. The monoisotopic (exact) mass is 287 g/mol. The zero-order valence-electron chi connectivity index (χ0n) is 12.9. The Kier molecular flexibility index (Phi) is 3.31. The van der Waals surface area contributed by atoms with Gasteiger partial charge in [0, 0.05) is 37.0 Å². The van der Waals surface area contributed by atoms with Gasteiger partial charge in [-0.15, -0.1) is 0 Å². The summed E-state index contributed by atoms with van der Waals surface area (Å²) in [4.78, 5) is 18.6. The topological polar surface area (TPSA) is 62.5 Å². The van der Waals surface area contributed by atoms with Crippen molar-refractivity contribution >= 4 is 17.4 Å². The number of aryl methyl sites for hydroxylation is 2. The molecule has 1 aliphatic heterocycles. The summed E-state index contributed by atoms with van der Waals surface area (Å²) in [6.07, 6.45) is 0. The van der Waals surface area contributed by atoms with Crippen LogP contribution in [0.5, 0.6) is 0 Å².